The summed E-state index contributed by atoms with van der Waals surface area (Å²) in [5.74, 6) is -1.17. The van der Waals surface area contributed by atoms with Crippen molar-refractivity contribution in [3.8, 4) is 0 Å². The molecule has 5 heteroatoms. The maximum atomic E-state index is 12.2. The largest absolute Gasteiger partial charge is 0.455 e. The van der Waals surface area contributed by atoms with Crippen LogP contribution in [0.25, 0.3) is 0 Å². The Morgan fingerprint density at radius 3 is 2.50 bits per heavy atom. The third-order valence-corrected chi connectivity index (χ3v) is 4.10. The lowest BCUT2D eigenvalue weighted by Gasteiger charge is -2.14. The zero-order valence-electron chi connectivity index (χ0n) is 13.7. The first-order chi connectivity index (χ1) is 11.5. The van der Waals surface area contributed by atoms with Crippen molar-refractivity contribution >= 4 is 29.2 Å². The van der Waals surface area contributed by atoms with E-state index >= 15 is 0 Å². The highest BCUT2D eigenvalue weighted by Crippen LogP contribution is 2.21. The monoisotopic (exact) mass is 345 g/mol. The Bertz CT molecular complexity index is 716. The second kappa shape index (κ2) is 8.50. The topological polar surface area (TPSA) is 55.4 Å². The molecule has 2 aromatic carbocycles. The number of amides is 1. The minimum atomic E-state index is -0.402. The number of rotatable bonds is 6. The van der Waals surface area contributed by atoms with Crippen LogP contribution in [0.3, 0.4) is 0 Å². The standard InChI is InChI=1S/C19H20ClNO3/c1-3-16(14-7-5-4-6-8-14)19(23)24-12-18(22)21-15-10-9-13(2)17(20)11-15/h4-11,16H,3,12H2,1-2H3,(H,21,22). The molecular weight excluding hydrogens is 326 g/mol. The van der Waals surface area contributed by atoms with Crippen molar-refractivity contribution in [1.82, 2.24) is 0 Å². The molecule has 24 heavy (non-hydrogen) atoms. The Kier molecular flexibility index (Phi) is 6.38. The molecule has 0 radical (unpaired) electrons. The van der Waals surface area contributed by atoms with Crippen molar-refractivity contribution in [1.29, 1.82) is 0 Å². The van der Waals surface area contributed by atoms with Crippen LogP contribution in [-0.4, -0.2) is 18.5 Å². The van der Waals surface area contributed by atoms with Gasteiger partial charge in [0, 0.05) is 10.7 Å². The third kappa shape index (κ3) is 4.83. The van der Waals surface area contributed by atoms with E-state index in [1.54, 1.807) is 12.1 Å². The SMILES string of the molecule is CCC(C(=O)OCC(=O)Nc1ccc(C)c(Cl)c1)c1ccccc1. The van der Waals surface area contributed by atoms with E-state index in [0.717, 1.165) is 11.1 Å². The van der Waals surface area contributed by atoms with Gasteiger partial charge in [0.1, 0.15) is 0 Å². The van der Waals surface area contributed by atoms with Crippen LogP contribution < -0.4 is 5.32 Å². The lowest BCUT2D eigenvalue weighted by Crippen LogP contribution is -2.23. The van der Waals surface area contributed by atoms with E-state index in [0.29, 0.717) is 17.1 Å². The maximum absolute atomic E-state index is 12.2. The summed E-state index contributed by atoms with van der Waals surface area (Å²) in [4.78, 5) is 24.1. The molecule has 0 saturated carbocycles. The summed E-state index contributed by atoms with van der Waals surface area (Å²) in [6, 6.07) is 14.6. The number of aryl methyl sites for hydroxylation is 1. The van der Waals surface area contributed by atoms with Gasteiger partial charge >= 0.3 is 5.97 Å². The van der Waals surface area contributed by atoms with E-state index in [1.165, 1.54) is 0 Å². The lowest BCUT2D eigenvalue weighted by molar-refractivity contribution is -0.149. The van der Waals surface area contributed by atoms with E-state index in [9.17, 15) is 9.59 Å². The van der Waals surface area contributed by atoms with Crippen LogP contribution in [0.2, 0.25) is 5.02 Å². The summed E-state index contributed by atoms with van der Waals surface area (Å²) < 4.78 is 5.15. The van der Waals surface area contributed by atoms with E-state index in [-0.39, 0.29) is 12.5 Å². The lowest BCUT2D eigenvalue weighted by atomic mass is 9.97. The molecule has 0 spiro atoms. The fraction of sp³-hybridized carbons (Fsp3) is 0.263. The van der Waals surface area contributed by atoms with Gasteiger partial charge in [-0.15, -0.1) is 0 Å². The first-order valence-corrected chi connectivity index (χ1v) is 8.16. The predicted molar refractivity (Wildman–Crippen MR) is 95.3 cm³/mol. The van der Waals surface area contributed by atoms with Crippen molar-refractivity contribution in [3.05, 3.63) is 64.7 Å². The van der Waals surface area contributed by atoms with Gasteiger partial charge < -0.3 is 10.1 Å². The number of benzene rings is 2. The summed E-state index contributed by atoms with van der Waals surface area (Å²) in [5.41, 5.74) is 2.38. The molecular formula is C19H20ClNO3. The Morgan fingerprint density at radius 2 is 1.88 bits per heavy atom. The highest BCUT2D eigenvalue weighted by Gasteiger charge is 2.20. The number of nitrogens with one attached hydrogen (secondary N) is 1. The molecule has 126 valence electrons. The number of ether oxygens (including phenoxy) is 1. The minimum Gasteiger partial charge on any atom is -0.455 e. The second-order valence-corrected chi connectivity index (χ2v) is 5.90. The van der Waals surface area contributed by atoms with Crippen LogP contribution in [0.15, 0.2) is 48.5 Å². The van der Waals surface area contributed by atoms with Crippen molar-refractivity contribution < 1.29 is 14.3 Å². The van der Waals surface area contributed by atoms with Gasteiger partial charge in [0.25, 0.3) is 5.91 Å². The van der Waals surface area contributed by atoms with Gasteiger partial charge in [-0.3, -0.25) is 9.59 Å². The number of hydrogen-bond donors (Lipinski definition) is 1. The van der Waals surface area contributed by atoms with Crippen LogP contribution in [0.1, 0.15) is 30.4 Å². The summed E-state index contributed by atoms with van der Waals surface area (Å²) in [6.07, 6.45) is 0.609. The Labute approximate surface area is 146 Å². The summed E-state index contributed by atoms with van der Waals surface area (Å²) in [5, 5.41) is 3.23. The van der Waals surface area contributed by atoms with Crippen LogP contribution in [0, 0.1) is 6.92 Å². The Morgan fingerprint density at radius 1 is 1.17 bits per heavy atom. The molecule has 0 heterocycles. The fourth-order valence-electron chi connectivity index (χ4n) is 2.33. The number of esters is 1. The van der Waals surface area contributed by atoms with Crippen LogP contribution in [0.5, 0.6) is 0 Å². The first kappa shape index (κ1) is 18.0. The van der Waals surface area contributed by atoms with Crippen molar-refractivity contribution in [2.24, 2.45) is 0 Å². The zero-order valence-corrected chi connectivity index (χ0v) is 14.5. The number of anilines is 1. The number of hydrogen-bond acceptors (Lipinski definition) is 3. The van der Waals surface area contributed by atoms with Gasteiger partial charge in [0.05, 0.1) is 5.92 Å². The van der Waals surface area contributed by atoms with Gasteiger partial charge in [-0.2, -0.15) is 0 Å². The van der Waals surface area contributed by atoms with Gasteiger partial charge in [-0.05, 0) is 36.6 Å². The maximum Gasteiger partial charge on any atom is 0.313 e. The minimum absolute atomic E-state index is 0.326. The molecule has 0 aliphatic rings. The number of carbonyl (C=O) groups is 2. The molecule has 2 aromatic rings. The number of halogens is 1. The van der Waals surface area contributed by atoms with E-state index in [1.807, 2.05) is 50.2 Å². The normalized spacial score (nSPS) is 11.6. The highest BCUT2D eigenvalue weighted by molar-refractivity contribution is 6.31. The summed E-state index contributed by atoms with van der Waals surface area (Å²) >= 11 is 6.02. The number of carbonyl (C=O) groups excluding carboxylic acids is 2. The molecule has 1 amide bonds. The smallest absolute Gasteiger partial charge is 0.313 e. The quantitative estimate of drug-likeness (QED) is 0.793. The molecule has 4 nitrogen and oxygen atoms in total. The third-order valence-electron chi connectivity index (χ3n) is 3.70. The fourth-order valence-corrected chi connectivity index (χ4v) is 2.51. The van der Waals surface area contributed by atoms with Gasteiger partial charge in [0.2, 0.25) is 0 Å². The average molecular weight is 346 g/mol. The molecule has 0 aliphatic heterocycles. The van der Waals surface area contributed by atoms with E-state index in [2.05, 4.69) is 5.32 Å². The average Bonchev–Trinajstić information content (AvgIpc) is 2.58. The van der Waals surface area contributed by atoms with Crippen LogP contribution in [-0.2, 0) is 14.3 Å². The molecule has 0 saturated heterocycles. The molecule has 1 unspecified atom stereocenters. The van der Waals surface area contributed by atoms with Crippen molar-refractivity contribution in [2.75, 3.05) is 11.9 Å². The molecule has 0 aliphatic carbocycles. The van der Waals surface area contributed by atoms with E-state index < -0.39 is 11.9 Å². The molecule has 2 rings (SSSR count). The summed E-state index contributed by atoms with van der Waals surface area (Å²) in [6.45, 7) is 3.46. The second-order valence-electron chi connectivity index (χ2n) is 5.49. The summed E-state index contributed by atoms with van der Waals surface area (Å²) in [7, 11) is 0. The molecule has 0 bridgehead atoms. The van der Waals surface area contributed by atoms with Gasteiger partial charge in [-0.25, -0.2) is 0 Å². The molecule has 0 aromatic heterocycles. The van der Waals surface area contributed by atoms with Crippen molar-refractivity contribution in [3.63, 3.8) is 0 Å². The predicted octanol–water partition coefficient (Wildman–Crippen LogP) is 4.32. The zero-order chi connectivity index (χ0) is 17.5. The highest BCUT2D eigenvalue weighted by atomic mass is 35.5. The van der Waals surface area contributed by atoms with E-state index in [4.69, 9.17) is 16.3 Å². The first-order valence-electron chi connectivity index (χ1n) is 7.79. The van der Waals surface area contributed by atoms with Crippen molar-refractivity contribution in [2.45, 2.75) is 26.2 Å². The van der Waals surface area contributed by atoms with Crippen LogP contribution in [0.4, 0.5) is 5.69 Å². The molecule has 1 atom stereocenters. The Balaban J connectivity index is 1.90. The molecule has 1 N–H and O–H groups in total. The molecule has 0 fully saturated rings. The Hall–Kier alpha value is -2.33. The van der Waals surface area contributed by atoms with Gasteiger partial charge in [0.15, 0.2) is 6.61 Å². The van der Waals surface area contributed by atoms with Gasteiger partial charge in [-0.1, -0.05) is 54.9 Å². The van der Waals surface area contributed by atoms with Crippen LogP contribution >= 0.6 is 11.6 Å².